The number of hydrogen-bond acceptors (Lipinski definition) is 5. The van der Waals surface area contributed by atoms with Crippen molar-refractivity contribution >= 4 is 76.3 Å². The smallest absolute Gasteiger partial charge is 0.307 e. The van der Waals surface area contributed by atoms with Crippen LogP contribution in [0.2, 0.25) is 0 Å². The van der Waals surface area contributed by atoms with Crippen molar-refractivity contribution < 1.29 is 4.42 Å². The average molecular weight is 705 g/mol. The van der Waals surface area contributed by atoms with Gasteiger partial charge in [0.1, 0.15) is 5.52 Å². The van der Waals surface area contributed by atoms with E-state index in [9.17, 15) is 0 Å². The lowest BCUT2D eigenvalue weighted by Crippen LogP contribution is -2.07. The zero-order chi connectivity index (χ0) is 36.0. The summed E-state index contributed by atoms with van der Waals surface area (Å²) in [7, 11) is 0. The summed E-state index contributed by atoms with van der Waals surface area (Å²) in [5, 5.41) is 8.85. The predicted molar refractivity (Wildman–Crippen MR) is 222 cm³/mol. The van der Waals surface area contributed by atoms with Crippen molar-refractivity contribution in [1.82, 2.24) is 29.1 Å². The molecule has 0 atom stereocenters. The first-order valence-corrected chi connectivity index (χ1v) is 18.3. The molecule has 0 saturated carbocycles. The normalized spacial score (nSPS) is 12.0. The van der Waals surface area contributed by atoms with Gasteiger partial charge in [0.25, 0.3) is 0 Å². The number of hydrogen-bond donors (Lipinski definition) is 0. The molecule has 0 amide bonds. The van der Waals surface area contributed by atoms with Crippen molar-refractivity contribution in [3.8, 4) is 34.7 Å². The molecule has 0 radical (unpaired) electrons. The van der Waals surface area contributed by atoms with Crippen LogP contribution in [0.1, 0.15) is 0 Å². The minimum absolute atomic E-state index is 0.497. The standard InChI is InChI=1S/C48H28N6O/c1-3-14-31(15-4-1)45-50-46(32-16-5-2-6-17-32)52-47(51-45)53-38-21-11-9-19-34(38)36-26-27-37-35-20-10-12-22-39(35)54(44(37)43(36)53)48-49-42-40(55-48)28-25-30-24-23-29-13-7-8-18-33(29)41(30)42/h1-28H. The van der Waals surface area contributed by atoms with E-state index >= 15 is 0 Å². The Morgan fingerprint density at radius 2 is 0.909 bits per heavy atom. The van der Waals surface area contributed by atoms with Gasteiger partial charge in [-0.3, -0.25) is 9.13 Å². The van der Waals surface area contributed by atoms with Crippen LogP contribution in [0.5, 0.6) is 0 Å². The molecule has 8 aromatic carbocycles. The molecule has 7 heteroatoms. The van der Waals surface area contributed by atoms with Crippen LogP contribution in [-0.2, 0) is 0 Å². The predicted octanol–water partition coefficient (Wildman–Crippen LogP) is 11.8. The van der Waals surface area contributed by atoms with Crippen LogP contribution in [0.25, 0.3) is 111 Å². The van der Waals surface area contributed by atoms with Crippen molar-refractivity contribution in [3.05, 3.63) is 170 Å². The molecule has 7 nitrogen and oxygen atoms in total. The molecule has 0 unspecified atom stereocenters. The first-order chi connectivity index (χ1) is 27.3. The lowest BCUT2D eigenvalue weighted by Gasteiger charge is -2.12. The van der Waals surface area contributed by atoms with E-state index in [1.165, 1.54) is 0 Å². The van der Waals surface area contributed by atoms with E-state index in [0.29, 0.717) is 23.6 Å². The summed E-state index contributed by atoms with van der Waals surface area (Å²) in [5.41, 5.74) is 7.28. The second-order valence-corrected chi connectivity index (χ2v) is 13.9. The number of benzene rings is 8. The summed E-state index contributed by atoms with van der Waals surface area (Å²) >= 11 is 0. The molecule has 4 aromatic heterocycles. The minimum atomic E-state index is 0.497. The molecule has 12 rings (SSSR count). The highest BCUT2D eigenvalue weighted by Crippen LogP contribution is 2.42. The third-order valence-corrected chi connectivity index (χ3v) is 10.8. The second kappa shape index (κ2) is 11.4. The highest BCUT2D eigenvalue weighted by molar-refractivity contribution is 6.24. The van der Waals surface area contributed by atoms with Crippen molar-refractivity contribution in [2.24, 2.45) is 0 Å². The molecule has 0 aliphatic heterocycles. The number of fused-ring (bicyclic) bond motifs is 12. The maximum atomic E-state index is 6.81. The summed E-state index contributed by atoms with van der Waals surface area (Å²) in [4.78, 5) is 20.8. The van der Waals surface area contributed by atoms with Gasteiger partial charge in [-0.1, -0.05) is 152 Å². The largest absolute Gasteiger partial charge is 0.423 e. The molecule has 0 N–H and O–H groups in total. The topological polar surface area (TPSA) is 74.6 Å². The maximum absolute atomic E-state index is 6.81. The van der Waals surface area contributed by atoms with Crippen molar-refractivity contribution in [2.75, 3.05) is 0 Å². The van der Waals surface area contributed by atoms with Gasteiger partial charge in [0, 0.05) is 38.1 Å². The number of nitrogens with zero attached hydrogens (tertiary/aromatic N) is 6. The van der Waals surface area contributed by atoms with E-state index in [4.69, 9.17) is 24.4 Å². The Balaban J connectivity index is 1.23. The van der Waals surface area contributed by atoms with Gasteiger partial charge in [0.05, 0.1) is 22.1 Å². The van der Waals surface area contributed by atoms with E-state index in [0.717, 1.165) is 87.4 Å². The van der Waals surface area contributed by atoms with Crippen molar-refractivity contribution in [2.45, 2.75) is 0 Å². The fraction of sp³-hybridized carbons (Fsp3) is 0. The molecule has 256 valence electrons. The summed E-state index contributed by atoms with van der Waals surface area (Å²) in [6, 6.07) is 59.0. The van der Waals surface area contributed by atoms with Crippen LogP contribution >= 0.6 is 0 Å². The number of para-hydroxylation sites is 2. The molecule has 12 aromatic rings. The quantitative estimate of drug-likeness (QED) is 0.171. The van der Waals surface area contributed by atoms with Crippen LogP contribution in [0.4, 0.5) is 0 Å². The Bertz CT molecular complexity index is 3430. The summed E-state index contributed by atoms with van der Waals surface area (Å²) < 4.78 is 11.2. The number of aromatic nitrogens is 6. The highest BCUT2D eigenvalue weighted by Gasteiger charge is 2.25. The monoisotopic (exact) mass is 704 g/mol. The molecular weight excluding hydrogens is 677 g/mol. The van der Waals surface area contributed by atoms with Gasteiger partial charge in [-0.15, -0.1) is 0 Å². The molecule has 4 heterocycles. The zero-order valence-corrected chi connectivity index (χ0v) is 29.3. The van der Waals surface area contributed by atoms with Crippen LogP contribution in [0.3, 0.4) is 0 Å². The molecule has 55 heavy (non-hydrogen) atoms. The third kappa shape index (κ3) is 4.38. The summed E-state index contributed by atoms with van der Waals surface area (Å²) in [6.45, 7) is 0. The molecular formula is C48H28N6O. The fourth-order valence-corrected chi connectivity index (χ4v) is 8.37. The Morgan fingerprint density at radius 3 is 1.58 bits per heavy atom. The van der Waals surface area contributed by atoms with Crippen molar-refractivity contribution in [3.63, 3.8) is 0 Å². The molecule has 0 fully saturated rings. The molecule has 0 spiro atoms. The minimum Gasteiger partial charge on any atom is -0.423 e. The Morgan fingerprint density at radius 1 is 0.382 bits per heavy atom. The van der Waals surface area contributed by atoms with Gasteiger partial charge in [-0.25, -0.2) is 4.98 Å². The van der Waals surface area contributed by atoms with Gasteiger partial charge in [0.2, 0.25) is 5.95 Å². The molecule has 0 aliphatic rings. The zero-order valence-electron chi connectivity index (χ0n) is 29.3. The number of oxazole rings is 1. The van der Waals surface area contributed by atoms with Gasteiger partial charge in [-0.2, -0.15) is 15.0 Å². The van der Waals surface area contributed by atoms with E-state index in [1.54, 1.807) is 0 Å². The Hall–Kier alpha value is -7.64. The Kier molecular flexibility index (Phi) is 6.21. The van der Waals surface area contributed by atoms with Gasteiger partial charge in [0.15, 0.2) is 17.2 Å². The Labute approximate surface area is 313 Å². The van der Waals surface area contributed by atoms with Crippen molar-refractivity contribution in [1.29, 1.82) is 0 Å². The molecule has 0 aliphatic carbocycles. The lowest BCUT2D eigenvalue weighted by atomic mass is 10.0. The summed E-state index contributed by atoms with van der Waals surface area (Å²) in [5.74, 6) is 1.72. The molecule has 0 bridgehead atoms. The maximum Gasteiger partial charge on any atom is 0.307 e. The van der Waals surface area contributed by atoms with E-state index < -0.39 is 0 Å². The lowest BCUT2D eigenvalue weighted by molar-refractivity contribution is 0.574. The first kappa shape index (κ1) is 29.9. The first-order valence-electron chi connectivity index (χ1n) is 18.3. The highest BCUT2D eigenvalue weighted by atomic mass is 16.4. The van der Waals surface area contributed by atoms with Gasteiger partial charge in [-0.05, 0) is 34.4 Å². The third-order valence-electron chi connectivity index (χ3n) is 10.8. The fourth-order valence-electron chi connectivity index (χ4n) is 8.37. The van der Waals surface area contributed by atoms with Gasteiger partial charge >= 0.3 is 6.01 Å². The molecule has 0 saturated heterocycles. The average Bonchev–Trinajstić information content (AvgIpc) is 3.94. The van der Waals surface area contributed by atoms with Crippen LogP contribution in [0.15, 0.2) is 174 Å². The summed E-state index contributed by atoms with van der Waals surface area (Å²) in [6.07, 6.45) is 0. The number of rotatable bonds is 4. The van der Waals surface area contributed by atoms with Gasteiger partial charge < -0.3 is 4.42 Å². The van der Waals surface area contributed by atoms with E-state index in [1.807, 2.05) is 66.7 Å². The van der Waals surface area contributed by atoms with Crippen LogP contribution in [-0.4, -0.2) is 29.1 Å². The van der Waals surface area contributed by atoms with Crippen LogP contribution < -0.4 is 0 Å². The SMILES string of the molecule is c1ccc(-c2nc(-c3ccccc3)nc(-n3c4ccccc4c4ccc5c6ccccc6n(-c6nc7c(ccc8ccc9ccccc9c87)o6)c5c43)n2)cc1. The van der Waals surface area contributed by atoms with E-state index in [-0.39, 0.29) is 0 Å². The van der Waals surface area contributed by atoms with Crippen LogP contribution in [0, 0.1) is 0 Å². The van der Waals surface area contributed by atoms with E-state index in [2.05, 4.69) is 112 Å². The second-order valence-electron chi connectivity index (χ2n) is 13.9.